The minimum atomic E-state index is -4.52. The van der Waals surface area contributed by atoms with Crippen molar-refractivity contribution in [3.63, 3.8) is 0 Å². The summed E-state index contributed by atoms with van der Waals surface area (Å²) in [6.45, 7) is 7.10. The number of urea groups is 1. The Kier molecular flexibility index (Phi) is 4.73. The maximum atomic E-state index is 13.2. The van der Waals surface area contributed by atoms with E-state index in [-0.39, 0.29) is 17.6 Å². The van der Waals surface area contributed by atoms with Crippen molar-refractivity contribution >= 4 is 11.7 Å². The van der Waals surface area contributed by atoms with E-state index in [1.807, 2.05) is 32.9 Å². The molecule has 2 amide bonds. The van der Waals surface area contributed by atoms with Crippen LogP contribution in [0, 0.1) is 12.8 Å². The van der Waals surface area contributed by atoms with Gasteiger partial charge in [-0.1, -0.05) is 26.0 Å². The summed E-state index contributed by atoms with van der Waals surface area (Å²) in [6, 6.07) is 8.35. The van der Waals surface area contributed by atoms with Crippen LogP contribution in [0.5, 0.6) is 0 Å². The summed E-state index contributed by atoms with van der Waals surface area (Å²) in [5.41, 5.74) is 1.08. The number of halogens is 3. The van der Waals surface area contributed by atoms with E-state index in [9.17, 15) is 18.0 Å². The molecule has 1 aliphatic rings. The molecule has 3 rings (SSSR count). The molecule has 0 spiro atoms. The van der Waals surface area contributed by atoms with E-state index >= 15 is 0 Å². The molecule has 1 aromatic heterocycles. The third-order valence-corrected chi connectivity index (χ3v) is 4.80. The molecule has 0 saturated heterocycles. The number of aromatic nitrogens is 1. The molecule has 0 aliphatic carbocycles. The summed E-state index contributed by atoms with van der Waals surface area (Å²) in [5.74, 6) is 0.131. The lowest BCUT2D eigenvalue weighted by Gasteiger charge is -2.39. The highest BCUT2D eigenvalue weighted by Gasteiger charge is 2.36. The maximum Gasteiger partial charge on any atom is 0.418 e. The molecule has 0 fully saturated rings. The first-order valence-electron chi connectivity index (χ1n) is 8.60. The molecule has 0 bridgehead atoms. The Morgan fingerprint density at radius 2 is 1.85 bits per heavy atom. The Morgan fingerprint density at radius 3 is 2.50 bits per heavy atom. The van der Waals surface area contributed by atoms with Gasteiger partial charge in [-0.3, -0.25) is 0 Å². The Labute approximate surface area is 150 Å². The van der Waals surface area contributed by atoms with Crippen LogP contribution < -0.4 is 5.32 Å². The fourth-order valence-corrected chi connectivity index (χ4v) is 3.62. The zero-order valence-electron chi connectivity index (χ0n) is 15.0. The highest BCUT2D eigenvalue weighted by molar-refractivity contribution is 5.90. The summed E-state index contributed by atoms with van der Waals surface area (Å²) < 4.78 is 41.7. The van der Waals surface area contributed by atoms with Crippen LogP contribution in [0.3, 0.4) is 0 Å². The van der Waals surface area contributed by atoms with Crippen molar-refractivity contribution in [2.24, 2.45) is 5.92 Å². The van der Waals surface area contributed by atoms with E-state index in [1.165, 1.54) is 18.2 Å². The number of anilines is 1. The third kappa shape index (κ3) is 3.30. The van der Waals surface area contributed by atoms with Crippen LogP contribution in [0.15, 0.2) is 36.4 Å². The molecule has 2 heterocycles. The van der Waals surface area contributed by atoms with Gasteiger partial charge in [-0.05, 0) is 37.1 Å². The molecule has 4 nitrogen and oxygen atoms in total. The topological polar surface area (TPSA) is 37.3 Å². The Balaban J connectivity index is 1.89. The third-order valence-electron chi connectivity index (χ3n) is 4.80. The van der Waals surface area contributed by atoms with Gasteiger partial charge in [0.15, 0.2) is 0 Å². The van der Waals surface area contributed by atoms with Crippen molar-refractivity contribution in [2.45, 2.75) is 39.5 Å². The monoisotopic (exact) mass is 365 g/mol. The lowest BCUT2D eigenvalue weighted by Crippen LogP contribution is -2.46. The first-order chi connectivity index (χ1) is 12.2. The summed E-state index contributed by atoms with van der Waals surface area (Å²) in [6.07, 6.45) is -4.52. The molecule has 26 heavy (non-hydrogen) atoms. The van der Waals surface area contributed by atoms with Crippen LogP contribution in [0.4, 0.5) is 23.7 Å². The minimum absolute atomic E-state index is 0.131. The predicted molar refractivity (Wildman–Crippen MR) is 93.9 cm³/mol. The number of nitrogens with zero attached hydrogens (tertiary/aromatic N) is 2. The van der Waals surface area contributed by atoms with E-state index in [4.69, 9.17) is 0 Å². The molecule has 0 radical (unpaired) electrons. The molecule has 1 aliphatic heterocycles. The fourth-order valence-electron chi connectivity index (χ4n) is 3.62. The molecular formula is C19H22F3N3O. The molecular weight excluding hydrogens is 343 g/mol. The van der Waals surface area contributed by atoms with Gasteiger partial charge in [0.25, 0.3) is 0 Å². The maximum absolute atomic E-state index is 13.2. The molecule has 1 aromatic carbocycles. The number of hydrogen-bond acceptors (Lipinski definition) is 1. The van der Waals surface area contributed by atoms with Crippen LogP contribution in [0.2, 0.25) is 0 Å². The standard InChI is InChI=1S/C19H22F3N3O/c1-12(2)17-16-9-8-13(3)24(16)10-11-25(17)18(26)23-15-7-5-4-6-14(15)19(20,21)22/h4-9,12,17H,10-11H2,1-3H3,(H,23,26)/t17-/m1/s1. The molecule has 2 aromatic rings. The van der Waals surface area contributed by atoms with Crippen molar-refractivity contribution in [3.05, 3.63) is 53.3 Å². The average Bonchev–Trinajstić information content (AvgIpc) is 2.94. The first-order valence-corrected chi connectivity index (χ1v) is 8.60. The first kappa shape index (κ1) is 18.4. The minimum Gasteiger partial charge on any atom is -0.345 e. The number of aryl methyl sites for hydroxylation is 1. The number of carbonyl (C=O) groups excluding carboxylic acids is 1. The second kappa shape index (κ2) is 6.70. The number of rotatable bonds is 2. The van der Waals surface area contributed by atoms with Gasteiger partial charge >= 0.3 is 12.2 Å². The number of para-hydroxylation sites is 1. The molecule has 0 saturated carbocycles. The summed E-state index contributed by atoms with van der Waals surface area (Å²) >= 11 is 0. The summed E-state index contributed by atoms with van der Waals surface area (Å²) in [5, 5.41) is 2.47. The van der Waals surface area contributed by atoms with Crippen molar-refractivity contribution in [2.75, 3.05) is 11.9 Å². The molecule has 1 N–H and O–H groups in total. The van der Waals surface area contributed by atoms with Gasteiger partial charge in [-0.25, -0.2) is 4.79 Å². The van der Waals surface area contributed by atoms with Gasteiger partial charge in [0.1, 0.15) is 0 Å². The molecule has 1 atom stereocenters. The fraction of sp³-hybridized carbons (Fsp3) is 0.421. The van der Waals surface area contributed by atoms with Crippen molar-refractivity contribution in [1.29, 1.82) is 0 Å². The normalized spacial score (nSPS) is 17.3. The quantitative estimate of drug-likeness (QED) is 0.794. The van der Waals surface area contributed by atoms with E-state index in [2.05, 4.69) is 9.88 Å². The molecule has 0 unspecified atom stereocenters. The van der Waals surface area contributed by atoms with Crippen LogP contribution in [0.25, 0.3) is 0 Å². The largest absolute Gasteiger partial charge is 0.418 e. The van der Waals surface area contributed by atoms with Crippen LogP contribution >= 0.6 is 0 Å². The zero-order chi connectivity index (χ0) is 19.1. The Morgan fingerprint density at radius 1 is 1.15 bits per heavy atom. The second-order valence-corrected chi connectivity index (χ2v) is 6.91. The summed E-state index contributed by atoms with van der Waals surface area (Å²) in [7, 11) is 0. The Hall–Kier alpha value is -2.44. The number of amides is 2. The number of benzene rings is 1. The van der Waals surface area contributed by atoms with E-state index in [1.54, 1.807) is 4.90 Å². The van der Waals surface area contributed by atoms with Crippen molar-refractivity contribution < 1.29 is 18.0 Å². The molecule has 7 heteroatoms. The van der Waals surface area contributed by atoms with Crippen LogP contribution in [-0.2, 0) is 12.7 Å². The van der Waals surface area contributed by atoms with Gasteiger partial charge in [-0.2, -0.15) is 13.2 Å². The predicted octanol–water partition coefficient (Wildman–Crippen LogP) is 5.06. The van der Waals surface area contributed by atoms with Gasteiger partial charge in [0, 0.05) is 24.5 Å². The van der Waals surface area contributed by atoms with Gasteiger partial charge in [-0.15, -0.1) is 0 Å². The van der Waals surface area contributed by atoms with E-state index < -0.39 is 17.8 Å². The SMILES string of the molecule is Cc1ccc2n1CCN(C(=O)Nc1ccccc1C(F)(F)F)[C@@H]2C(C)C. The van der Waals surface area contributed by atoms with E-state index in [0.29, 0.717) is 13.1 Å². The van der Waals surface area contributed by atoms with Gasteiger partial charge in [0.2, 0.25) is 0 Å². The highest BCUT2D eigenvalue weighted by atomic mass is 19.4. The van der Waals surface area contributed by atoms with E-state index in [0.717, 1.165) is 17.5 Å². The van der Waals surface area contributed by atoms with Crippen molar-refractivity contribution in [1.82, 2.24) is 9.47 Å². The van der Waals surface area contributed by atoms with Crippen LogP contribution in [0.1, 0.15) is 36.8 Å². The summed E-state index contributed by atoms with van der Waals surface area (Å²) in [4.78, 5) is 14.4. The number of alkyl halides is 3. The lowest BCUT2D eigenvalue weighted by atomic mass is 9.97. The smallest absolute Gasteiger partial charge is 0.345 e. The lowest BCUT2D eigenvalue weighted by molar-refractivity contribution is -0.136. The Bertz CT molecular complexity index is 811. The highest BCUT2D eigenvalue weighted by Crippen LogP contribution is 2.37. The number of fused-ring (bicyclic) bond motifs is 1. The number of nitrogens with one attached hydrogen (secondary N) is 1. The number of carbonyl (C=O) groups is 1. The molecule has 140 valence electrons. The van der Waals surface area contributed by atoms with Crippen molar-refractivity contribution in [3.8, 4) is 0 Å². The zero-order valence-corrected chi connectivity index (χ0v) is 15.0. The second-order valence-electron chi connectivity index (χ2n) is 6.91. The average molecular weight is 365 g/mol. The number of hydrogen-bond donors (Lipinski definition) is 1. The van der Waals surface area contributed by atoms with Gasteiger partial charge < -0.3 is 14.8 Å². The van der Waals surface area contributed by atoms with Crippen LogP contribution in [-0.4, -0.2) is 22.0 Å². The van der Waals surface area contributed by atoms with Gasteiger partial charge in [0.05, 0.1) is 17.3 Å².